The van der Waals surface area contributed by atoms with Crippen molar-refractivity contribution in [1.82, 2.24) is 15.0 Å². The molecular formula is C15H14N4S. The summed E-state index contributed by atoms with van der Waals surface area (Å²) in [5, 5.41) is 6.29. The lowest BCUT2D eigenvalue weighted by Gasteiger charge is -2.03. The molecule has 0 bridgehead atoms. The Kier molecular flexibility index (Phi) is 3.69. The number of aryl methyl sites for hydroxylation is 1. The summed E-state index contributed by atoms with van der Waals surface area (Å²) in [6.07, 6.45) is 5.42. The van der Waals surface area contributed by atoms with E-state index in [2.05, 4.69) is 26.3 Å². The molecule has 4 nitrogen and oxygen atoms in total. The Hall–Kier alpha value is -2.27. The lowest BCUT2D eigenvalue weighted by Crippen LogP contribution is -1.99. The van der Waals surface area contributed by atoms with Gasteiger partial charge in [-0.25, -0.2) is 4.98 Å². The van der Waals surface area contributed by atoms with Gasteiger partial charge in [0.25, 0.3) is 0 Å². The van der Waals surface area contributed by atoms with E-state index in [1.165, 1.54) is 5.56 Å². The predicted molar refractivity (Wildman–Crippen MR) is 81.6 cm³/mol. The van der Waals surface area contributed by atoms with Crippen LogP contribution in [0.3, 0.4) is 0 Å². The number of anilines is 1. The van der Waals surface area contributed by atoms with E-state index in [1.54, 1.807) is 17.5 Å². The number of thiazole rings is 1. The number of hydrogen-bond donors (Lipinski definition) is 1. The second-order valence-corrected chi connectivity index (χ2v) is 5.30. The third-order valence-electron chi connectivity index (χ3n) is 2.87. The molecule has 5 heteroatoms. The van der Waals surface area contributed by atoms with Crippen LogP contribution in [-0.2, 0) is 6.54 Å². The van der Waals surface area contributed by atoms with Crippen molar-refractivity contribution >= 4 is 16.5 Å². The molecular weight excluding hydrogens is 268 g/mol. The Balaban J connectivity index is 1.69. The van der Waals surface area contributed by atoms with Crippen LogP contribution in [-0.4, -0.2) is 15.0 Å². The fourth-order valence-electron chi connectivity index (χ4n) is 1.89. The van der Waals surface area contributed by atoms with Crippen LogP contribution < -0.4 is 5.32 Å². The summed E-state index contributed by atoms with van der Waals surface area (Å²) in [5.41, 5.74) is 4.23. The molecule has 0 spiro atoms. The molecule has 3 rings (SSSR count). The van der Waals surface area contributed by atoms with Gasteiger partial charge in [0.2, 0.25) is 0 Å². The smallest absolute Gasteiger partial charge is 0.183 e. The van der Waals surface area contributed by atoms with Gasteiger partial charge in [-0.15, -0.1) is 11.3 Å². The van der Waals surface area contributed by atoms with E-state index in [4.69, 9.17) is 0 Å². The molecule has 3 aromatic rings. The molecule has 0 fully saturated rings. The monoisotopic (exact) mass is 282 g/mol. The lowest BCUT2D eigenvalue weighted by atomic mass is 10.2. The van der Waals surface area contributed by atoms with Gasteiger partial charge in [0.15, 0.2) is 5.13 Å². The van der Waals surface area contributed by atoms with Crippen LogP contribution in [0.1, 0.15) is 11.3 Å². The van der Waals surface area contributed by atoms with Crippen molar-refractivity contribution < 1.29 is 0 Å². The summed E-state index contributed by atoms with van der Waals surface area (Å²) in [5.74, 6) is 0. The highest BCUT2D eigenvalue weighted by Crippen LogP contribution is 2.24. The number of aromatic nitrogens is 3. The Bertz CT molecular complexity index is 694. The quantitative estimate of drug-likeness (QED) is 0.795. The minimum Gasteiger partial charge on any atom is -0.357 e. The van der Waals surface area contributed by atoms with E-state index >= 15 is 0 Å². The van der Waals surface area contributed by atoms with Crippen molar-refractivity contribution in [2.24, 2.45) is 0 Å². The number of pyridine rings is 2. The van der Waals surface area contributed by atoms with Crippen LogP contribution >= 0.6 is 11.3 Å². The summed E-state index contributed by atoms with van der Waals surface area (Å²) >= 11 is 1.60. The van der Waals surface area contributed by atoms with Gasteiger partial charge in [0.05, 0.1) is 5.69 Å². The normalized spacial score (nSPS) is 10.4. The molecule has 0 aromatic carbocycles. The second kappa shape index (κ2) is 5.79. The summed E-state index contributed by atoms with van der Waals surface area (Å²) in [6.45, 7) is 2.75. The molecule has 3 aromatic heterocycles. The summed E-state index contributed by atoms with van der Waals surface area (Å²) in [6, 6.07) is 8.01. The largest absolute Gasteiger partial charge is 0.357 e. The van der Waals surface area contributed by atoms with Gasteiger partial charge in [-0.05, 0) is 36.8 Å². The zero-order chi connectivity index (χ0) is 13.8. The molecule has 0 saturated carbocycles. The molecule has 100 valence electrons. The second-order valence-electron chi connectivity index (χ2n) is 4.44. The Labute approximate surface area is 121 Å². The number of nitrogens with one attached hydrogen (secondary N) is 1. The van der Waals surface area contributed by atoms with Gasteiger partial charge < -0.3 is 5.32 Å². The first-order valence-corrected chi connectivity index (χ1v) is 7.20. The van der Waals surface area contributed by atoms with Crippen molar-refractivity contribution in [3.8, 4) is 11.3 Å². The first-order chi connectivity index (χ1) is 9.81. The molecule has 3 heterocycles. The fourth-order valence-corrected chi connectivity index (χ4v) is 2.61. The molecule has 0 saturated heterocycles. The molecule has 0 atom stereocenters. The predicted octanol–water partition coefficient (Wildman–Crippen LogP) is 3.52. The minimum atomic E-state index is 0.753. The number of nitrogens with zero attached hydrogens (tertiary/aromatic N) is 3. The Morgan fingerprint density at radius 1 is 1.25 bits per heavy atom. The highest BCUT2D eigenvalue weighted by atomic mass is 32.1. The topological polar surface area (TPSA) is 50.7 Å². The van der Waals surface area contributed by atoms with E-state index in [0.29, 0.717) is 0 Å². The van der Waals surface area contributed by atoms with Crippen LogP contribution in [0, 0.1) is 6.92 Å². The van der Waals surface area contributed by atoms with Gasteiger partial charge in [0.1, 0.15) is 0 Å². The Morgan fingerprint density at radius 2 is 2.20 bits per heavy atom. The molecule has 0 aliphatic heterocycles. The highest BCUT2D eigenvalue weighted by Gasteiger charge is 2.04. The molecule has 1 N–H and O–H groups in total. The first-order valence-electron chi connectivity index (χ1n) is 6.32. The van der Waals surface area contributed by atoms with Crippen molar-refractivity contribution in [3.05, 3.63) is 59.5 Å². The maximum Gasteiger partial charge on any atom is 0.183 e. The van der Waals surface area contributed by atoms with Gasteiger partial charge in [-0.1, -0.05) is 0 Å². The average Bonchev–Trinajstić information content (AvgIpc) is 2.95. The van der Waals surface area contributed by atoms with Crippen molar-refractivity contribution in [1.29, 1.82) is 0 Å². The van der Waals surface area contributed by atoms with E-state index in [0.717, 1.165) is 28.6 Å². The van der Waals surface area contributed by atoms with E-state index in [1.807, 2.05) is 42.9 Å². The highest BCUT2D eigenvalue weighted by molar-refractivity contribution is 7.14. The zero-order valence-electron chi connectivity index (χ0n) is 11.1. The first kappa shape index (κ1) is 12.7. The van der Waals surface area contributed by atoms with Crippen molar-refractivity contribution in [3.63, 3.8) is 0 Å². The van der Waals surface area contributed by atoms with Crippen LogP contribution in [0.5, 0.6) is 0 Å². The van der Waals surface area contributed by atoms with Gasteiger partial charge in [0, 0.05) is 41.8 Å². The van der Waals surface area contributed by atoms with Gasteiger partial charge in [-0.2, -0.15) is 0 Å². The van der Waals surface area contributed by atoms with Crippen LogP contribution in [0.2, 0.25) is 0 Å². The zero-order valence-corrected chi connectivity index (χ0v) is 11.9. The third kappa shape index (κ3) is 3.00. The molecule has 0 amide bonds. The SMILES string of the molecule is Cc1cc(CNc2nc(-c3cccnc3)cs2)ccn1. The van der Waals surface area contributed by atoms with Gasteiger partial charge >= 0.3 is 0 Å². The Morgan fingerprint density at radius 3 is 3.00 bits per heavy atom. The molecule has 0 aliphatic carbocycles. The standard InChI is InChI=1S/C15H14N4S/c1-11-7-12(4-6-17-11)8-18-15-19-14(10-20-15)13-3-2-5-16-9-13/h2-7,9-10H,8H2,1H3,(H,18,19). The fraction of sp³-hybridized carbons (Fsp3) is 0.133. The molecule has 0 radical (unpaired) electrons. The van der Waals surface area contributed by atoms with E-state index in [9.17, 15) is 0 Å². The van der Waals surface area contributed by atoms with Crippen LogP contribution in [0.4, 0.5) is 5.13 Å². The summed E-state index contributed by atoms with van der Waals surface area (Å²) in [4.78, 5) is 12.9. The maximum absolute atomic E-state index is 4.57. The van der Waals surface area contributed by atoms with E-state index in [-0.39, 0.29) is 0 Å². The number of rotatable bonds is 4. The minimum absolute atomic E-state index is 0.753. The lowest BCUT2D eigenvalue weighted by molar-refractivity contribution is 1.09. The average molecular weight is 282 g/mol. The summed E-state index contributed by atoms with van der Waals surface area (Å²) in [7, 11) is 0. The van der Waals surface area contributed by atoms with Crippen molar-refractivity contribution in [2.45, 2.75) is 13.5 Å². The molecule has 0 unspecified atom stereocenters. The number of hydrogen-bond acceptors (Lipinski definition) is 5. The van der Waals surface area contributed by atoms with Gasteiger partial charge in [-0.3, -0.25) is 9.97 Å². The maximum atomic E-state index is 4.57. The summed E-state index contributed by atoms with van der Waals surface area (Å²) < 4.78 is 0. The van der Waals surface area contributed by atoms with E-state index < -0.39 is 0 Å². The third-order valence-corrected chi connectivity index (χ3v) is 3.67. The van der Waals surface area contributed by atoms with Crippen molar-refractivity contribution in [2.75, 3.05) is 5.32 Å². The van der Waals surface area contributed by atoms with Crippen LogP contribution in [0.15, 0.2) is 48.2 Å². The molecule has 20 heavy (non-hydrogen) atoms. The molecule has 0 aliphatic rings. The van der Waals surface area contributed by atoms with Crippen LogP contribution in [0.25, 0.3) is 11.3 Å².